The first-order valence-electron chi connectivity index (χ1n) is 16.1. The first kappa shape index (κ1) is 31.8. The fourth-order valence-corrected chi connectivity index (χ4v) is 7.67. The van der Waals surface area contributed by atoms with Crippen molar-refractivity contribution in [1.82, 2.24) is 0 Å². The maximum atomic E-state index is 11.7. The molecule has 242 valence electrons. The zero-order chi connectivity index (χ0) is 34.9. The van der Waals surface area contributed by atoms with Gasteiger partial charge in [0.05, 0.1) is 0 Å². The number of aromatic hydroxyl groups is 4. The van der Waals surface area contributed by atoms with E-state index in [0.29, 0.717) is 11.1 Å². The lowest BCUT2D eigenvalue weighted by molar-refractivity contribution is 0.351. The smallest absolute Gasteiger partial charge is 0.204 e. The van der Waals surface area contributed by atoms with Crippen LogP contribution in [0.2, 0.25) is 0 Å². The number of fused-ring (bicyclic) bond motifs is 4. The topological polar surface area (TPSA) is 121 Å². The van der Waals surface area contributed by atoms with Crippen molar-refractivity contribution in [2.24, 2.45) is 0 Å². The molecule has 2 radical (unpaired) electrons. The van der Waals surface area contributed by atoms with Crippen LogP contribution >= 0.6 is 0 Å². The van der Waals surface area contributed by atoms with Gasteiger partial charge >= 0.3 is 0 Å². The molecule has 0 aromatic heterocycles. The standard InChI is InChI=1S/C42H35BO6/c1-21(43)37(45)34-31(22(2)44)32(23-11-6-5-7-12-23)35-36(39(47)41(49)40(48)38(35)46)33(34)26-14-10-13-24(19-26)25-17-18-28-27-15-8-9-16-29(27)42(3,4)30(28)20-25/h5-16,18-20,25,44-49H,2,17H2,1,3-4H3/b37-21-. The SMILES string of the molecule is [B]/C(C)=C(\O)c1c(C(=C)O)c(-c2ccccc2)c2c(O)c(O)c(O)c(O)c2c1-c1cccc(C2C=C3C(=CC2)c2ccccc2C3(C)C)c1. The van der Waals surface area contributed by atoms with Crippen molar-refractivity contribution in [3.8, 4) is 45.3 Å². The third kappa shape index (κ3) is 4.72. The summed E-state index contributed by atoms with van der Waals surface area (Å²) in [6.45, 7) is 9.77. The van der Waals surface area contributed by atoms with Gasteiger partial charge in [0, 0.05) is 44.4 Å². The molecule has 0 spiro atoms. The first-order valence-corrected chi connectivity index (χ1v) is 16.1. The van der Waals surface area contributed by atoms with E-state index in [1.165, 1.54) is 29.2 Å². The fourth-order valence-electron chi connectivity index (χ4n) is 7.67. The summed E-state index contributed by atoms with van der Waals surface area (Å²) in [6, 6.07) is 24.7. The predicted molar refractivity (Wildman–Crippen MR) is 197 cm³/mol. The second-order valence-corrected chi connectivity index (χ2v) is 13.3. The Bertz CT molecular complexity index is 2320. The molecule has 0 fully saturated rings. The summed E-state index contributed by atoms with van der Waals surface area (Å²) >= 11 is 0. The number of hydrogen-bond acceptors (Lipinski definition) is 6. The van der Waals surface area contributed by atoms with Gasteiger partial charge in [-0.15, -0.1) is 0 Å². The van der Waals surface area contributed by atoms with Gasteiger partial charge in [-0.2, -0.15) is 0 Å². The van der Waals surface area contributed by atoms with E-state index in [2.05, 4.69) is 56.8 Å². The highest BCUT2D eigenvalue weighted by Crippen LogP contribution is 2.58. The molecule has 6 nitrogen and oxygen atoms in total. The van der Waals surface area contributed by atoms with Crippen LogP contribution in [0.3, 0.4) is 0 Å². The minimum Gasteiger partial charge on any atom is -0.508 e. The van der Waals surface area contributed by atoms with Crippen molar-refractivity contribution < 1.29 is 30.6 Å². The number of phenols is 4. The molecule has 7 rings (SSSR count). The van der Waals surface area contributed by atoms with Gasteiger partial charge < -0.3 is 30.6 Å². The molecule has 0 saturated carbocycles. The Morgan fingerprint density at radius 1 is 0.755 bits per heavy atom. The maximum absolute atomic E-state index is 11.7. The van der Waals surface area contributed by atoms with Crippen molar-refractivity contribution in [3.05, 3.63) is 136 Å². The van der Waals surface area contributed by atoms with Crippen LogP contribution in [0.4, 0.5) is 0 Å². The number of phenolic OH excluding ortho intramolecular Hbond substituents is 4. The Labute approximate surface area is 286 Å². The van der Waals surface area contributed by atoms with Gasteiger partial charge in [0.2, 0.25) is 11.5 Å². The molecule has 1 unspecified atom stereocenters. The Kier molecular flexibility index (Phi) is 7.40. The molecule has 2 aliphatic rings. The van der Waals surface area contributed by atoms with E-state index < -0.39 is 34.5 Å². The van der Waals surface area contributed by atoms with Gasteiger partial charge in [0.1, 0.15) is 19.4 Å². The van der Waals surface area contributed by atoms with Crippen LogP contribution < -0.4 is 0 Å². The monoisotopic (exact) mass is 646 g/mol. The highest BCUT2D eigenvalue weighted by molar-refractivity contribution is 6.26. The van der Waals surface area contributed by atoms with Crippen molar-refractivity contribution in [2.45, 2.75) is 38.5 Å². The highest BCUT2D eigenvalue weighted by Gasteiger charge is 2.40. The van der Waals surface area contributed by atoms with Crippen molar-refractivity contribution in [2.75, 3.05) is 0 Å². The molecule has 0 saturated heterocycles. The fraction of sp³-hybridized carbons (Fsp3) is 0.143. The molecule has 0 bridgehead atoms. The van der Waals surface area contributed by atoms with E-state index in [4.69, 9.17) is 7.85 Å². The quantitative estimate of drug-likeness (QED) is 0.0490. The molecule has 0 aliphatic heterocycles. The van der Waals surface area contributed by atoms with Crippen molar-refractivity contribution >= 4 is 35.7 Å². The van der Waals surface area contributed by atoms with E-state index in [-0.39, 0.29) is 49.8 Å². The highest BCUT2D eigenvalue weighted by atomic mass is 16.3. The van der Waals surface area contributed by atoms with Gasteiger partial charge in [-0.05, 0) is 52.3 Å². The number of benzene rings is 5. The van der Waals surface area contributed by atoms with Crippen LogP contribution in [0.15, 0.2) is 109 Å². The average molecular weight is 647 g/mol. The molecule has 1 atom stereocenters. The summed E-state index contributed by atoms with van der Waals surface area (Å²) in [5.74, 6) is -4.18. The van der Waals surface area contributed by atoms with Crippen LogP contribution in [0.1, 0.15) is 60.9 Å². The third-order valence-electron chi connectivity index (χ3n) is 10.0. The third-order valence-corrected chi connectivity index (χ3v) is 10.0. The van der Waals surface area contributed by atoms with E-state index >= 15 is 0 Å². The van der Waals surface area contributed by atoms with Crippen LogP contribution in [-0.2, 0) is 5.41 Å². The lowest BCUT2D eigenvalue weighted by Gasteiger charge is -2.27. The Morgan fingerprint density at radius 3 is 1.98 bits per heavy atom. The Hall–Kier alpha value is -5.82. The maximum Gasteiger partial charge on any atom is 0.204 e. The van der Waals surface area contributed by atoms with Crippen LogP contribution in [-0.4, -0.2) is 38.5 Å². The minimum absolute atomic E-state index is 0.0160. The number of aliphatic hydroxyl groups is 2. The minimum atomic E-state index is -0.936. The van der Waals surface area contributed by atoms with Crippen LogP contribution in [0.25, 0.3) is 50.1 Å². The van der Waals surface area contributed by atoms with Crippen molar-refractivity contribution in [1.29, 1.82) is 0 Å². The Morgan fingerprint density at radius 2 is 1.35 bits per heavy atom. The number of rotatable bonds is 5. The van der Waals surface area contributed by atoms with E-state index in [0.717, 1.165) is 12.0 Å². The molecular weight excluding hydrogens is 611 g/mol. The summed E-state index contributed by atoms with van der Waals surface area (Å²) in [6.07, 6.45) is 5.32. The predicted octanol–water partition coefficient (Wildman–Crippen LogP) is 9.73. The summed E-state index contributed by atoms with van der Waals surface area (Å²) in [7, 11) is 6.20. The van der Waals surface area contributed by atoms with E-state index in [9.17, 15) is 30.6 Å². The zero-order valence-electron chi connectivity index (χ0n) is 27.4. The van der Waals surface area contributed by atoms with Gasteiger partial charge in [-0.1, -0.05) is 117 Å². The molecule has 49 heavy (non-hydrogen) atoms. The van der Waals surface area contributed by atoms with Gasteiger partial charge in [0.25, 0.3) is 0 Å². The molecule has 0 amide bonds. The summed E-state index contributed by atoms with van der Waals surface area (Å²) in [5, 5.41) is 67.4. The molecule has 5 aromatic rings. The number of aliphatic hydroxyl groups excluding tert-OH is 2. The van der Waals surface area contributed by atoms with Gasteiger partial charge in [-0.3, -0.25) is 0 Å². The van der Waals surface area contributed by atoms with Gasteiger partial charge in [-0.25, -0.2) is 0 Å². The second-order valence-electron chi connectivity index (χ2n) is 13.3. The molecular formula is C42H35BO6. The average Bonchev–Trinajstić information content (AvgIpc) is 3.34. The largest absolute Gasteiger partial charge is 0.508 e. The van der Waals surface area contributed by atoms with Gasteiger partial charge in [0.15, 0.2) is 11.5 Å². The summed E-state index contributed by atoms with van der Waals surface area (Å²) in [5.41, 5.74) is 7.14. The van der Waals surface area contributed by atoms with E-state index in [1.54, 1.807) is 36.4 Å². The summed E-state index contributed by atoms with van der Waals surface area (Å²) in [4.78, 5) is 0. The lowest BCUT2D eigenvalue weighted by Crippen LogP contribution is -2.17. The van der Waals surface area contributed by atoms with E-state index in [1.807, 2.05) is 18.2 Å². The molecule has 5 aromatic carbocycles. The molecule has 2 aliphatic carbocycles. The summed E-state index contributed by atoms with van der Waals surface area (Å²) < 4.78 is 0. The Balaban J connectivity index is 1.55. The molecule has 0 heterocycles. The second kappa shape index (κ2) is 11.4. The first-order chi connectivity index (χ1) is 23.3. The van der Waals surface area contributed by atoms with Crippen LogP contribution in [0.5, 0.6) is 23.0 Å². The molecule has 6 N–H and O–H groups in total. The molecule has 7 heteroatoms. The van der Waals surface area contributed by atoms with Crippen LogP contribution in [0, 0.1) is 0 Å². The normalized spacial score (nSPS) is 16.8. The zero-order valence-corrected chi connectivity index (χ0v) is 27.4. The van der Waals surface area contributed by atoms with Crippen molar-refractivity contribution in [3.63, 3.8) is 0 Å². The number of hydrogen-bond donors (Lipinski definition) is 6. The number of allylic oxidation sites excluding steroid dienone is 5. The lowest BCUT2D eigenvalue weighted by atomic mass is 9.76.